The summed E-state index contributed by atoms with van der Waals surface area (Å²) in [6, 6.07) is 40.2. The Labute approximate surface area is 358 Å². The minimum atomic E-state index is -1.34. The minimum Gasteiger partial charge on any atom is -0.484 e. The van der Waals surface area contributed by atoms with Crippen LogP contribution in [0.1, 0.15) is 34.4 Å². The Kier molecular flexibility index (Phi) is 13.7. The first-order valence-corrected chi connectivity index (χ1v) is 20.9. The Bertz CT molecular complexity index is 2430. The van der Waals surface area contributed by atoms with Crippen LogP contribution in [0.15, 0.2) is 151 Å². The van der Waals surface area contributed by atoms with Gasteiger partial charge in [-0.3, -0.25) is 19.2 Å². The second-order valence-corrected chi connectivity index (χ2v) is 16.0. The van der Waals surface area contributed by atoms with Crippen molar-refractivity contribution < 1.29 is 33.8 Å². The number of hydrogen-bond acceptors (Lipinski definition) is 7. The molecule has 3 heterocycles. The van der Waals surface area contributed by atoms with Gasteiger partial charge in [-0.2, -0.15) is 0 Å². The number of carboxylic acid groups (broad SMARTS) is 1. The van der Waals surface area contributed by atoms with Crippen molar-refractivity contribution >= 4 is 40.9 Å². The first-order chi connectivity index (χ1) is 29.6. The number of aliphatic carboxylic acids is 1. The van der Waals surface area contributed by atoms with Gasteiger partial charge in [0.25, 0.3) is 5.91 Å². The molecule has 310 valence electrons. The van der Waals surface area contributed by atoms with Crippen LogP contribution in [0.5, 0.6) is 5.75 Å². The second kappa shape index (κ2) is 19.8. The van der Waals surface area contributed by atoms with Crippen LogP contribution in [0.2, 0.25) is 0 Å². The van der Waals surface area contributed by atoms with Gasteiger partial charge in [-0.1, -0.05) is 134 Å². The van der Waals surface area contributed by atoms with Gasteiger partial charge in [0, 0.05) is 30.1 Å². The summed E-state index contributed by atoms with van der Waals surface area (Å²) < 4.78 is 5.75. The molecule has 2 aliphatic rings. The third-order valence-electron chi connectivity index (χ3n) is 10.7. The van der Waals surface area contributed by atoms with Crippen molar-refractivity contribution in [2.75, 3.05) is 6.61 Å². The molecule has 12 heteroatoms. The van der Waals surface area contributed by atoms with Crippen molar-refractivity contribution in [3.05, 3.63) is 173 Å². The van der Waals surface area contributed by atoms with E-state index in [9.17, 15) is 29.1 Å². The zero-order valence-electron chi connectivity index (χ0n) is 33.5. The Morgan fingerprint density at radius 3 is 1.64 bits per heavy atom. The highest BCUT2D eigenvalue weighted by molar-refractivity contribution is 7.10. The number of ether oxygens (including phenoxy) is 1. The average molecular weight is 835 g/mol. The molecule has 6 aromatic rings. The molecule has 5 aromatic carbocycles. The van der Waals surface area contributed by atoms with Gasteiger partial charge in [-0.25, -0.2) is 4.79 Å². The fourth-order valence-electron chi connectivity index (χ4n) is 7.28. The summed E-state index contributed by atoms with van der Waals surface area (Å²) in [4.78, 5) is 70.1. The Balaban J connectivity index is 1.24. The van der Waals surface area contributed by atoms with Crippen LogP contribution >= 0.6 is 11.3 Å². The molecular weight excluding hydrogens is 789 g/mol. The van der Waals surface area contributed by atoms with Gasteiger partial charge in [0.2, 0.25) is 17.7 Å². The molecule has 2 aliphatic heterocycles. The molecule has 2 bridgehead atoms. The molecule has 0 radical (unpaired) electrons. The van der Waals surface area contributed by atoms with Gasteiger partial charge in [-0.15, -0.1) is 11.3 Å². The van der Waals surface area contributed by atoms with Crippen LogP contribution in [0.25, 0.3) is 22.3 Å². The predicted octanol–water partition coefficient (Wildman–Crippen LogP) is 6.33. The minimum absolute atomic E-state index is 0.0194. The van der Waals surface area contributed by atoms with E-state index in [0.29, 0.717) is 16.9 Å². The number of amides is 4. The first kappa shape index (κ1) is 42.1. The summed E-state index contributed by atoms with van der Waals surface area (Å²) in [5, 5.41) is 23.4. The number of hydrogen-bond donors (Lipinski definition) is 5. The average Bonchev–Trinajstić information content (AvgIpc) is 3.83. The Morgan fingerprint density at radius 1 is 0.623 bits per heavy atom. The molecule has 0 saturated carbocycles. The summed E-state index contributed by atoms with van der Waals surface area (Å²) in [5.74, 6) is -3.94. The number of fused-ring (bicyclic) bond motifs is 16. The molecule has 5 unspecified atom stereocenters. The Morgan fingerprint density at radius 2 is 1.13 bits per heavy atom. The fourth-order valence-corrected chi connectivity index (χ4v) is 8.10. The van der Waals surface area contributed by atoms with Crippen LogP contribution in [0.3, 0.4) is 0 Å². The van der Waals surface area contributed by atoms with E-state index >= 15 is 0 Å². The molecule has 61 heavy (non-hydrogen) atoms. The number of carboxylic acids is 1. The number of carbonyl (C=O) groups is 5. The van der Waals surface area contributed by atoms with E-state index in [-0.39, 0.29) is 19.3 Å². The van der Waals surface area contributed by atoms with Crippen molar-refractivity contribution in [1.29, 1.82) is 0 Å². The maximum absolute atomic E-state index is 14.6. The van der Waals surface area contributed by atoms with Crippen LogP contribution in [0.4, 0.5) is 0 Å². The first-order valence-electron chi connectivity index (χ1n) is 20.1. The molecule has 0 fully saturated rings. The van der Waals surface area contributed by atoms with E-state index in [2.05, 4.69) is 21.3 Å². The van der Waals surface area contributed by atoms with E-state index in [1.54, 1.807) is 24.3 Å². The highest BCUT2D eigenvalue weighted by Crippen LogP contribution is 2.26. The smallest absolute Gasteiger partial charge is 0.326 e. The molecule has 4 amide bonds. The number of nitrogens with one attached hydrogen (secondary N) is 4. The zero-order valence-corrected chi connectivity index (χ0v) is 34.3. The summed E-state index contributed by atoms with van der Waals surface area (Å²) in [7, 11) is 0. The van der Waals surface area contributed by atoms with E-state index < -0.39 is 66.3 Å². The number of carbonyl (C=O) groups excluding carboxylic acids is 4. The summed E-state index contributed by atoms with van der Waals surface area (Å²) >= 11 is 1.44. The van der Waals surface area contributed by atoms with Crippen LogP contribution in [-0.2, 0) is 43.2 Å². The SMILES string of the molecule is CC(c1cccs1)C1NC(=O)COc2ccc(cc2)CC(C(=O)O)NC(=O)C(Cc2ccc(-c3ccccc3)cc2)NC(=O)C(Cc2ccc(-c3ccccc3)cc2)NC1=O. The second-order valence-electron chi connectivity index (χ2n) is 15.0. The molecule has 5 N–H and O–H groups in total. The van der Waals surface area contributed by atoms with E-state index in [4.69, 9.17) is 4.74 Å². The largest absolute Gasteiger partial charge is 0.484 e. The third-order valence-corrected chi connectivity index (χ3v) is 11.8. The predicted molar refractivity (Wildman–Crippen MR) is 235 cm³/mol. The number of benzene rings is 5. The fraction of sp³-hybridized carbons (Fsp3) is 0.204. The normalized spacial score (nSPS) is 19.4. The maximum Gasteiger partial charge on any atom is 0.326 e. The lowest BCUT2D eigenvalue weighted by molar-refractivity contribution is -0.142. The van der Waals surface area contributed by atoms with Crippen LogP contribution < -0.4 is 26.0 Å². The van der Waals surface area contributed by atoms with Crippen molar-refractivity contribution in [2.45, 2.75) is 56.3 Å². The summed E-state index contributed by atoms with van der Waals surface area (Å²) in [6.07, 6.45) is -0.00454. The third kappa shape index (κ3) is 11.2. The Hall–Kier alpha value is -7.05. The number of rotatable bonds is 9. The van der Waals surface area contributed by atoms with Crippen LogP contribution in [0, 0.1) is 0 Å². The summed E-state index contributed by atoms with van der Waals surface area (Å²) in [6.45, 7) is 1.42. The molecular formula is C49H46N4O7S. The standard InChI is InChI=1S/C49H46N4O7S/c1-31(43-13-8-26-61-43)45-48(57)51-41(28-33-16-22-38(23-17-33)36-11-6-3-7-12-36)46(55)50-40(27-32-14-20-37(21-15-32)35-9-4-2-5-10-35)47(56)52-42(49(58)59)29-34-18-24-39(25-19-34)60-30-44(54)53-45/h2-26,31,40-42,45H,27-30H2,1H3,(H,50,55)(H,51,57)(H,52,56)(H,53,54)(H,58,59). The van der Waals surface area contributed by atoms with Crippen molar-refractivity contribution in [1.82, 2.24) is 21.3 Å². The van der Waals surface area contributed by atoms with Gasteiger partial charge in [0.1, 0.15) is 29.9 Å². The molecule has 0 saturated heterocycles. The van der Waals surface area contributed by atoms with E-state index in [1.807, 2.05) is 134 Å². The lowest BCUT2D eigenvalue weighted by Gasteiger charge is -2.28. The molecule has 1 aromatic heterocycles. The molecule has 5 atom stereocenters. The maximum atomic E-state index is 14.6. The highest BCUT2D eigenvalue weighted by Gasteiger charge is 2.34. The van der Waals surface area contributed by atoms with Gasteiger partial charge >= 0.3 is 5.97 Å². The van der Waals surface area contributed by atoms with Gasteiger partial charge in [0.05, 0.1) is 0 Å². The quantitative estimate of drug-likeness (QED) is 0.106. The number of thiophene rings is 1. The molecule has 8 rings (SSSR count). The molecule has 11 nitrogen and oxygen atoms in total. The molecule has 0 spiro atoms. The van der Waals surface area contributed by atoms with E-state index in [0.717, 1.165) is 32.7 Å². The lowest BCUT2D eigenvalue weighted by atomic mass is 9.96. The topological polar surface area (TPSA) is 163 Å². The summed E-state index contributed by atoms with van der Waals surface area (Å²) in [5.41, 5.74) is 5.98. The van der Waals surface area contributed by atoms with Crippen LogP contribution in [-0.4, -0.2) is 65.5 Å². The van der Waals surface area contributed by atoms with Gasteiger partial charge < -0.3 is 31.1 Å². The van der Waals surface area contributed by atoms with Crippen molar-refractivity contribution in [3.8, 4) is 28.0 Å². The lowest BCUT2D eigenvalue weighted by Crippen LogP contribution is -2.59. The van der Waals surface area contributed by atoms with Gasteiger partial charge in [-0.05, 0) is 62.5 Å². The van der Waals surface area contributed by atoms with Crippen molar-refractivity contribution in [2.24, 2.45) is 0 Å². The zero-order chi connectivity index (χ0) is 42.7. The van der Waals surface area contributed by atoms with Crippen molar-refractivity contribution in [3.63, 3.8) is 0 Å². The van der Waals surface area contributed by atoms with Gasteiger partial charge in [0.15, 0.2) is 6.61 Å². The monoisotopic (exact) mass is 834 g/mol. The highest BCUT2D eigenvalue weighted by atomic mass is 32.1. The van der Waals surface area contributed by atoms with E-state index in [1.165, 1.54) is 11.3 Å². The molecule has 0 aliphatic carbocycles.